The first-order chi connectivity index (χ1) is 12.7. The van der Waals surface area contributed by atoms with E-state index < -0.39 is 0 Å². The van der Waals surface area contributed by atoms with Crippen LogP contribution in [0.5, 0.6) is 0 Å². The van der Waals surface area contributed by atoms with Gasteiger partial charge in [0.1, 0.15) is 0 Å². The van der Waals surface area contributed by atoms with Crippen LogP contribution in [0.3, 0.4) is 0 Å². The zero-order valence-electron chi connectivity index (χ0n) is 15.7. The molecule has 2 aliphatic rings. The summed E-state index contributed by atoms with van der Waals surface area (Å²) in [7, 11) is 0. The smallest absolute Gasteiger partial charge is 0.226 e. The van der Waals surface area contributed by atoms with E-state index in [1.54, 1.807) is 0 Å². The van der Waals surface area contributed by atoms with Crippen LogP contribution in [0.2, 0.25) is 0 Å². The Morgan fingerprint density at radius 2 is 1.88 bits per heavy atom. The van der Waals surface area contributed by atoms with Crippen molar-refractivity contribution in [2.24, 2.45) is 17.6 Å². The van der Waals surface area contributed by atoms with Crippen LogP contribution in [-0.2, 0) is 13.0 Å². The molecular formula is C21H30N4O. The van der Waals surface area contributed by atoms with E-state index in [1.165, 1.54) is 31.5 Å². The molecule has 0 atom stereocenters. The number of nitrogens with zero attached hydrogens (tertiary/aromatic N) is 3. The Balaban J connectivity index is 1.30. The van der Waals surface area contributed by atoms with Gasteiger partial charge in [-0.05, 0) is 62.6 Å². The predicted molar refractivity (Wildman–Crippen MR) is 102 cm³/mol. The molecule has 2 heterocycles. The van der Waals surface area contributed by atoms with Crippen molar-refractivity contribution in [1.82, 2.24) is 15.0 Å². The summed E-state index contributed by atoms with van der Waals surface area (Å²) in [4.78, 5) is 7.11. The molecule has 0 spiro atoms. The van der Waals surface area contributed by atoms with E-state index in [4.69, 9.17) is 10.3 Å². The topological polar surface area (TPSA) is 68.2 Å². The molecule has 1 aromatic carbocycles. The number of aromatic nitrogens is 2. The highest BCUT2D eigenvalue weighted by Gasteiger charge is 2.26. The fourth-order valence-corrected chi connectivity index (χ4v) is 4.06. The minimum absolute atomic E-state index is 0.407. The molecule has 0 amide bonds. The Morgan fingerprint density at radius 1 is 1.15 bits per heavy atom. The molecule has 5 nitrogen and oxygen atoms in total. The molecule has 26 heavy (non-hydrogen) atoms. The second-order valence-corrected chi connectivity index (χ2v) is 8.30. The highest BCUT2D eigenvalue weighted by molar-refractivity contribution is 5.54. The minimum Gasteiger partial charge on any atom is -0.339 e. The predicted octanol–water partition coefficient (Wildman–Crippen LogP) is 3.64. The van der Waals surface area contributed by atoms with Gasteiger partial charge in [-0.3, -0.25) is 4.90 Å². The molecule has 2 N–H and O–H groups in total. The van der Waals surface area contributed by atoms with Crippen LogP contribution >= 0.6 is 0 Å². The summed E-state index contributed by atoms with van der Waals surface area (Å²) in [5.41, 5.74) is 8.23. The zero-order chi connectivity index (χ0) is 17.9. The quantitative estimate of drug-likeness (QED) is 0.858. The molecule has 1 aliphatic heterocycles. The molecule has 5 heteroatoms. The maximum Gasteiger partial charge on any atom is 0.226 e. The minimum atomic E-state index is 0.407. The largest absolute Gasteiger partial charge is 0.339 e. The molecule has 1 aromatic heterocycles. The molecule has 1 aliphatic carbocycles. The van der Waals surface area contributed by atoms with E-state index in [0.29, 0.717) is 11.9 Å². The number of aryl methyl sites for hydroxylation is 1. The lowest BCUT2D eigenvalue weighted by molar-refractivity contribution is 0.185. The van der Waals surface area contributed by atoms with Crippen LogP contribution in [0.25, 0.3) is 11.4 Å². The summed E-state index contributed by atoms with van der Waals surface area (Å²) in [6, 6.07) is 9.02. The average Bonchev–Trinajstić information content (AvgIpc) is 3.09. The third-order valence-corrected chi connectivity index (χ3v) is 6.00. The van der Waals surface area contributed by atoms with Gasteiger partial charge in [-0.2, -0.15) is 4.98 Å². The molecule has 1 saturated carbocycles. The molecule has 4 rings (SSSR count). The van der Waals surface area contributed by atoms with Gasteiger partial charge in [-0.1, -0.05) is 36.3 Å². The van der Waals surface area contributed by atoms with Crippen molar-refractivity contribution in [3.8, 4) is 11.4 Å². The molecule has 2 fully saturated rings. The second kappa shape index (κ2) is 7.89. The zero-order valence-corrected chi connectivity index (χ0v) is 15.7. The van der Waals surface area contributed by atoms with E-state index in [9.17, 15) is 0 Å². The number of hydrogen-bond acceptors (Lipinski definition) is 5. The van der Waals surface area contributed by atoms with Crippen molar-refractivity contribution in [3.63, 3.8) is 0 Å². The third kappa shape index (κ3) is 4.33. The molecule has 2 aromatic rings. The van der Waals surface area contributed by atoms with Gasteiger partial charge in [0.15, 0.2) is 0 Å². The first kappa shape index (κ1) is 17.7. The number of nitrogens with two attached hydrogens (primary N) is 1. The van der Waals surface area contributed by atoms with E-state index in [0.717, 1.165) is 55.5 Å². The summed E-state index contributed by atoms with van der Waals surface area (Å²) in [5.74, 6) is 3.05. The fourth-order valence-electron chi connectivity index (χ4n) is 4.06. The lowest BCUT2D eigenvalue weighted by Crippen LogP contribution is -2.36. The van der Waals surface area contributed by atoms with Crippen molar-refractivity contribution in [1.29, 1.82) is 0 Å². The second-order valence-electron chi connectivity index (χ2n) is 8.30. The average molecular weight is 354 g/mol. The molecular weight excluding hydrogens is 324 g/mol. The van der Waals surface area contributed by atoms with Gasteiger partial charge in [0.2, 0.25) is 11.7 Å². The number of rotatable bonds is 6. The van der Waals surface area contributed by atoms with Crippen LogP contribution in [0.15, 0.2) is 28.8 Å². The molecule has 0 unspecified atom stereocenters. The molecule has 0 radical (unpaired) electrons. The summed E-state index contributed by atoms with van der Waals surface area (Å²) < 4.78 is 5.43. The van der Waals surface area contributed by atoms with Gasteiger partial charge in [0.05, 0.1) is 0 Å². The number of piperidine rings is 1. The van der Waals surface area contributed by atoms with Crippen LogP contribution in [0.1, 0.15) is 50.5 Å². The summed E-state index contributed by atoms with van der Waals surface area (Å²) in [5, 5.41) is 4.16. The highest BCUT2D eigenvalue weighted by atomic mass is 16.5. The fraction of sp³-hybridized carbons (Fsp3) is 0.619. The van der Waals surface area contributed by atoms with Gasteiger partial charge >= 0.3 is 0 Å². The van der Waals surface area contributed by atoms with Crippen molar-refractivity contribution >= 4 is 0 Å². The van der Waals surface area contributed by atoms with Crippen LogP contribution in [0, 0.1) is 11.8 Å². The summed E-state index contributed by atoms with van der Waals surface area (Å²) in [6.07, 6.45) is 6.86. The van der Waals surface area contributed by atoms with Gasteiger partial charge in [-0.15, -0.1) is 0 Å². The maximum absolute atomic E-state index is 5.84. The monoisotopic (exact) mass is 354 g/mol. The van der Waals surface area contributed by atoms with Crippen LogP contribution in [0.4, 0.5) is 0 Å². The lowest BCUT2D eigenvalue weighted by atomic mass is 9.78. The van der Waals surface area contributed by atoms with Crippen LogP contribution < -0.4 is 5.73 Å². The van der Waals surface area contributed by atoms with Gasteiger partial charge in [0, 0.05) is 24.6 Å². The van der Waals surface area contributed by atoms with Crippen LogP contribution in [-0.4, -0.2) is 34.2 Å². The van der Waals surface area contributed by atoms with E-state index in [2.05, 4.69) is 46.2 Å². The van der Waals surface area contributed by atoms with Gasteiger partial charge in [-0.25, -0.2) is 0 Å². The SMILES string of the molecule is CC1CCN(Cc2ccc(-c3noc(CCC4CC(N)C4)n3)cc2)CC1. The van der Waals surface area contributed by atoms with Gasteiger partial charge < -0.3 is 10.3 Å². The van der Waals surface area contributed by atoms with E-state index >= 15 is 0 Å². The highest BCUT2D eigenvalue weighted by Crippen LogP contribution is 2.30. The Hall–Kier alpha value is -1.72. The summed E-state index contributed by atoms with van der Waals surface area (Å²) in [6.45, 7) is 5.81. The number of hydrogen-bond donors (Lipinski definition) is 1. The van der Waals surface area contributed by atoms with Crippen molar-refractivity contribution < 1.29 is 4.52 Å². The lowest BCUT2D eigenvalue weighted by Gasteiger charge is -2.31. The first-order valence-corrected chi connectivity index (χ1v) is 10.1. The Bertz CT molecular complexity index is 697. The van der Waals surface area contributed by atoms with E-state index in [-0.39, 0.29) is 0 Å². The van der Waals surface area contributed by atoms with Crippen molar-refractivity contribution in [2.45, 2.75) is 58.0 Å². The van der Waals surface area contributed by atoms with Gasteiger partial charge in [0.25, 0.3) is 0 Å². The van der Waals surface area contributed by atoms with E-state index in [1.807, 2.05) is 0 Å². The van der Waals surface area contributed by atoms with Crippen molar-refractivity contribution in [3.05, 3.63) is 35.7 Å². The summed E-state index contributed by atoms with van der Waals surface area (Å²) >= 11 is 0. The number of likely N-dealkylation sites (tertiary alicyclic amines) is 1. The number of benzene rings is 1. The third-order valence-electron chi connectivity index (χ3n) is 6.00. The maximum atomic E-state index is 5.84. The molecule has 140 valence electrons. The Labute approximate surface area is 156 Å². The molecule has 1 saturated heterocycles. The Morgan fingerprint density at radius 3 is 2.58 bits per heavy atom. The normalized spacial score (nSPS) is 24.5. The van der Waals surface area contributed by atoms with Crippen molar-refractivity contribution in [2.75, 3.05) is 13.1 Å². The standard InChI is InChI=1S/C21H30N4O/c1-15-8-10-25(11-9-15)14-16-2-5-18(6-3-16)21-23-20(26-24-21)7-4-17-12-19(22)13-17/h2-3,5-6,15,17,19H,4,7-14,22H2,1H3. The first-order valence-electron chi connectivity index (χ1n) is 10.1. The Kier molecular flexibility index (Phi) is 5.36. The molecule has 0 bridgehead atoms.